The number of ketones is 1. The summed E-state index contributed by atoms with van der Waals surface area (Å²) < 4.78 is 5.79. The number of Topliss-reactive ketones (excluding diaryl/α,β-unsaturated/α-hetero) is 1. The number of unbranched alkanes of at least 4 members (excludes halogenated alkanes) is 6. The fraction of sp³-hybridized carbons (Fsp3) is 0.500. The van der Waals surface area contributed by atoms with Gasteiger partial charge >= 0.3 is 23.9 Å². The first-order chi connectivity index (χ1) is 61.3. The van der Waals surface area contributed by atoms with Gasteiger partial charge in [0.2, 0.25) is 88.6 Å². The molecule has 5 aromatic rings. The largest absolute Gasteiger partial charge is 0.481 e. The Balaban J connectivity index is 1.41. The molecule has 1 aliphatic heterocycles. The summed E-state index contributed by atoms with van der Waals surface area (Å²) in [7, 11) is 0. The monoisotopic (exact) mass is 1810 g/mol. The molecule has 0 spiro atoms. The zero-order valence-electron chi connectivity index (χ0n) is 71.7. The Hall–Kier alpha value is -14.0. The van der Waals surface area contributed by atoms with E-state index in [4.69, 9.17) is 21.9 Å². The van der Waals surface area contributed by atoms with E-state index in [1.165, 1.54) is 24.3 Å². The van der Waals surface area contributed by atoms with E-state index in [-0.39, 0.29) is 43.5 Å². The molecule has 0 bridgehead atoms. The number of benzene rings is 3. The van der Waals surface area contributed by atoms with Crippen molar-refractivity contribution >= 4 is 146 Å². The van der Waals surface area contributed by atoms with Gasteiger partial charge in [-0.15, -0.1) is 0 Å². The van der Waals surface area contributed by atoms with Gasteiger partial charge in [0.15, 0.2) is 5.78 Å². The number of hydrogen-bond donors (Lipinski definition) is 24. The first kappa shape index (κ1) is 104. The highest BCUT2D eigenvalue weighted by atomic mass is 16.5. The zero-order chi connectivity index (χ0) is 95.1. The lowest BCUT2D eigenvalue weighted by Gasteiger charge is -2.30. The number of nitrogens with two attached hydrogens (primary N) is 3. The van der Waals surface area contributed by atoms with Crippen LogP contribution in [0.15, 0.2) is 85.2 Å². The second-order valence-corrected chi connectivity index (χ2v) is 31.2. The number of esters is 1. The molecule has 6 rings (SSSR count). The molecule has 1 aliphatic rings. The molecule has 27 N–H and O–H groups in total. The number of aryl methyl sites for hydroxylation is 1. The van der Waals surface area contributed by atoms with E-state index in [9.17, 15) is 112 Å². The Bertz CT molecular complexity index is 4840. The molecule has 1 unspecified atom stereocenters. The van der Waals surface area contributed by atoms with Crippen LogP contribution in [0.4, 0.5) is 5.69 Å². The molecule has 45 nitrogen and oxygen atoms in total. The van der Waals surface area contributed by atoms with Gasteiger partial charge in [0.25, 0.3) is 0 Å². The highest BCUT2D eigenvalue weighted by Crippen LogP contribution is 2.23. The fourth-order valence-corrected chi connectivity index (χ4v) is 13.9. The lowest BCUT2D eigenvalue weighted by atomic mass is 9.96. The zero-order valence-corrected chi connectivity index (χ0v) is 71.7. The van der Waals surface area contributed by atoms with Crippen LogP contribution in [0.5, 0.6) is 0 Å². The summed E-state index contributed by atoms with van der Waals surface area (Å²) in [6, 6.07) is -3.82. The summed E-state index contributed by atoms with van der Waals surface area (Å²) in [5, 5.41) is 83.8. The number of para-hydroxylation sites is 3. The van der Waals surface area contributed by atoms with Crippen molar-refractivity contribution in [2.24, 2.45) is 17.4 Å². The number of primary amides is 1. The van der Waals surface area contributed by atoms with E-state index in [0.29, 0.717) is 35.7 Å². The van der Waals surface area contributed by atoms with E-state index >= 15 is 9.59 Å². The van der Waals surface area contributed by atoms with Crippen LogP contribution >= 0.6 is 0 Å². The van der Waals surface area contributed by atoms with Gasteiger partial charge in [0, 0.05) is 77.9 Å². The number of aliphatic hydroxyl groups excluding tert-OH is 2. The highest BCUT2D eigenvalue weighted by Gasteiger charge is 2.41. The number of aliphatic carboxylic acids is 3. The average molecular weight is 1810 g/mol. The number of anilines is 1. The summed E-state index contributed by atoms with van der Waals surface area (Å²) in [6.45, 7) is 0.0981. The number of carboxylic acid groups (broad SMARTS) is 3. The van der Waals surface area contributed by atoms with Crippen molar-refractivity contribution in [3.8, 4) is 0 Å². The maximum Gasteiger partial charge on any atom is 0.329 e. The molecule has 2 aromatic heterocycles. The van der Waals surface area contributed by atoms with Crippen molar-refractivity contribution in [2.45, 2.75) is 228 Å². The number of aromatic nitrogens is 2. The third-order valence-electron chi connectivity index (χ3n) is 20.9. The number of nitrogen functional groups attached to an aromatic ring is 1. The van der Waals surface area contributed by atoms with E-state index in [0.717, 1.165) is 69.3 Å². The van der Waals surface area contributed by atoms with Gasteiger partial charge in [-0.25, -0.2) is 4.79 Å². The van der Waals surface area contributed by atoms with Crippen molar-refractivity contribution in [1.82, 2.24) is 84.4 Å². The van der Waals surface area contributed by atoms with Crippen molar-refractivity contribution < 1.29 is 126 Å². The first-order valence-electron chi connectivity index (χ1n) is 42.0. The molecule has 129 heavy (non-hydrogen) atoms. The number of H-pyrrole nitrogens is 2. The summed E-state index contributed by atoms with van der Waals surface area (Å²) >= 11 is 0. The van der Waals surface area contributed by atoms with Crippen molar-refractivity contribution in [2.75, 3.05) is 38.6 Å². The minimum absolute atomic E-state index is 0.00103. The smallest absolute Gasteiger partial charge is 0.329 e. The molecule has 702 valence electrons. The second kappa shape index (κ2) is 52.2. The number of amides is 15. The lowest BCUT2D eigenvalue weighted by Crippen LogP contribution is -2.61. The van der Waals surface area contributed by atoms with Crippen LogP contribution in [0.3, 0.4) is 0 Å². The number of fused-ring (bicyclic) bond motifs is 2. The maximum absolute atomic E-state index is 15.0. The average Bonchev–Trinajstić information content (AvgIpc) is 1.73. The van der Waals surface area contributed by atoms with E-state index in [1.807, 2.05) is 40.2 Å². The minimum atomic E-state index is -2.38. The topological polar surface area (TPSA) is 730 Å². The minimum Gasteiger partial charge on any atom is -0.481 e. The Morgan fingerprint density at radius 3 is 1.68 bits per heavy atom. The molecule has 3 aromatic carbocycles. The van der Waals surface area contributed by atoms with Crippen LogP contribution in [0.2, 0.25) is 0 Å². The molecule has 1 saturated heterocycles. The number of carbonyl (C=O) groups excluding carboxylic acids is 17. The number of ether oxygens (including phenoxy) is 1. The maximum atomic E-state index is 15.0. The van der Waals surface area contributed by atoms with Gasteiger partial charge in [-0.3, -0.25) is 91.1 Å². The third-order valence-corrected chi connectivity index (χ3v) is 20.9. The van der Waals surface area contributed by atoms with Crippen LogP contribution in [-0.2, 0) is 109 Å². The number of aromatic amines is 2. The predicted octanol–water partition coefficient (Wildman–Crippen LogP) is -4.12. The Morgan fingerprint density at radius 1 is 0.527 bits per heavy atom. The standard InChI is InChI=1S/C84H115N19O26/c1-5-6-7-8-9-10-11-26-65(108)95-57(33-47-39-90-54-24-17-14-20-49(47)54)79(123)99-58(35-64(87)107)80(124)97-56(29-31-104)77(121)103-72-45(4)129-84(128)61(34-63(106)50-21-12-15-22-51(50)85)101-83(127)71(43(2)32-68(111)112)102-81(125)62(42-105)96-67(110)40-91-75(119)59(36-69(113)114)98-73(117)44(3)93-78(122)60(37-70(115)116)100-76(120)55(94-66(109)41-92-82(72)126)25-18-30-88-74(118)52(86)28-27-46-38-89-53-23-16-13-19-48(46)53/h12-17,19-24,38-39,43-45,52,55-62,71-72,89-90,104-105H,5-11,18,25-37,40-42,85-86H2,1-4H3,(H2,87,107)(H,88,118)(H,91,119)(H,92,126)(H,93,122)(H,94,109)(H,95,108)(H,96,110)(H,97,124)(H,98,117)(H,99,123)(H,100,120)(H,101,127)(H,102,125)(H,103,121)(H,111,112)(H,113,114)(H,115,116)/t43-,44-,45-,52?,55+,56+,57+,58+,59+,60+,61+,62-,71+,72+/m1/s1. The Morgan fingerprint density at radius 2 is 1.07 bits per heavy atom. The lowest BCUT2D eigenvalue weighted by molar-refractivity contribution is -0.156. The van der Waals surface area contributed by atoms with E-state index < -0.39 is 274 Å². The van der Waals surface area contributed by atoms with Crippen LogP contribution < -0.4 is 91.6 Å². The van der Waals surface area contributed by atoms with Gasteiger partial charge in [0.1, 0.15) is 72.6 Å². The van der Waals surface area contributed by atoms with Crippen molar-refractivity contribution in [3.63, 3.8) is 0 Å². The molecule has 0 aliphatic carbocycles. The van der Waals surface area contributed by atoms with Crippen LogP contribution in [-0.4, -0.2) is 265 Å². The van der Waals surface area contributed by atoms with Crippen LogP contribution in [0, 0.1) is 5.92 Å². The number of nitrogens with one attached hydrogen (secondary N) is 16. The quantitative estimate of drug-likeness (QED) is 0.00767. The van der Waals surface area contributed by atoms with Crippen molar-refractivity contribution in [1.29, 1.82) is 0 Å². The normalized spacial score (nSPS) is 20.4. The van der Waals surface area contributed by atoms with Crippen LogP contribution in [0.1, 0.15) is 158 Å². The number of carboxylic acids is 3. The molecule has 14 atom stereocenters. The van der Waals surface area contributed by atoms with Gasteiger partial charge < -0.3 is 132 Å². The highest BCUT2D eigenvalue weighted by molar-refractivity contribution is 6.05. The van der Waals surface area contributed by atoms with Crippen molar-refractivity contribution in [3.05, 3.63) is 102 Å². The van der Waals surface area contributed by atoms with Gasteiger partial charge in [-0.05, 0) is 93.7 Å². The number of cyclic esters (lactones) is 1. The van der Waals surface area contributed by atoms with Gasteiger partial charge in [-0.1, -0.05) is 101 Å². The molecule has 15 amide bonds. The molecular weight excluding hydrogens is 1690 g/mol. The predicted molar refractivity (Wildman–Crippen MR) is 458 cm³/mol. The molecule has 0 saturated carbocycles. The summed E-state index contributed by atoms with van der Waals surface area (Å²) in [6.07, 6.45) is 0.515. The third kappa shape index (κ3) is 34.0. The summed E-state index contributed by atoms with van der Waals surface area (Å²) in [5.74, 6) is -28.1. The number of aliphatic hydroxyl groups is 2. The fourth-order valence-electron chi connectivity index (χ4n) is 13.9. The number of carbonyl (C=O) groups is 20. The number of hydrogen-bond acceptors (Lipinski definition) is 25. The summed E-state index contributed by atoms with van der Waals surface area (Å²) in [5.41, 5.74) is 20.5. The summed E-state index contributed by atoms with van der Waals surface area (Å²) in [4.78, 5) is 284. The number of rotatable bonds is 40. The first-order valence-corrected chi connectivity index (χ1v) is 42.0. The Kier molecular flexibility index (Phi) is 42.0. The van der Waals surface area contributed by atoms with Gasteiger partial charge in [-0.2, -0.15) is 0 Å². The van der Waals surface area contributed by atoms with E-state index in [2.05, 4.69) is 75.4 Å². The molecule has 0 radical (unpaired) electrons. The molecular formula is C84H115N19O26. The molecule has 3 heterocycles. The Labute approximate surface area is 739 Å². The van der Waals surface area contributed by atoms with E-state index in [1.54, 1.807) is 36.7 Å². The second-order valence-electron chi connectivity index (χ2n) is 31.2. The molecule has 45 heteroatoms. The van der Waals surface area contributed by atoms with Gasteiger partial charge in [0.05, 0.1) is 51.4 Å². The SMILES string of the molecule is CCCCCCCCCC(=O)N[C@@H](Cc1c[nH]c2ccccc12)C(=O)N[C@@H](CC(N)=O)C(=O)N[C@@H](CCO)C(=O)N[C@@H]1C(=O)NCC(=O)N[C@@H](CCCNC(=O)C(N)CCc2c[nH]c3ccccc23)C(=O)N[C@@H](CC(=O)O)C(=O)N[C@H](C)C(=O)N[C@@H](CC(=O)O)C(=O)NCC(=O)N[C@H](CO)C(=O)N[C@@H]([C@H](C)CC(=O)O)C(=O)N[C@@H](CC(=O)c2ccccc2N)C(=O)O[C@@H]1C. The molecule has 1 fully saturated rings. The van der Waals surface area contributed by atoms with Crippen LogP contribution in [0.25, 0.3) is 21.8 Å².